The van der Waals surface area contributed by atoms with Crippen molar-refractivity contribution in [1.82, 2.24) is 25.6 Å². The van der Waals surface area contributed by atoms with Crippen LogP contribution in [-0.2, 0) is 29.4 Å². The maximum absolute atomic E-state index is 12.9. The molecule has 0 radical (unpaired) electrons. The number of nitrogens with one attached hydrogen (secondary N) is 4. The highest BCUT2D eigenvalue weighted by atomic mass is 35.5. The van der Waals surface area contributed by atoms with Gasteiger partial charge in [0.05, 0.1) is 19.3 Å². The second-order valence-corrected chi connectivity index (χ2v) is 10.5. The minimum absolute atomic E-state index is 0.0301. The van der Waals surface area contributed by atoms with Crippen LogP contribution < -0.4 is 26.0 Å². The lowest BCUT2D eigenvalue weighted by atomic mass is 10.1. The van der Waals surface area contributed by atoms with Crippen molar-refractivity contribution < 1.29 is 46.6 Å². The SMILES string of the molecule is CCOC(=O)C(=O)NC[C@H](NC(=O)c1ccc(Nc2nc(NC3(c4ccc(Cl)cc4)CC3)nc(OCC(F)(F)F)n2)cc1)C(=O)OC. The van der Waals surface area contributed by atoms with Gasteiger partial charge in [-0.1, -0.05) is 23.7 Å². The van der Waals surface area contributed by atoms with Gasteiger partial charge in [0, 0.05) is 22.8 Å². The first-order valence-corrected chi connectivity index (χ1v) is 14.4. The smallest absolute Gasteiger partial charge is 0.422 e. The average Bonchev–Trinajstić information content (AvgIpc) is 3.82. The lowest BCUT2D eigenvalue weighted by molar-refractivity contribution is -0.154. The molecule has 1 fully saturated rings. The van der Waals surface area contributed by atoms with E-state index in [1.54, 1.807) is 12.1 Å². The van der Waals surface area contributed by atoms with Crippen molar-refractivity contribution in [1.29, 1.82) is 0 Å². The van der Waals surface area contributed by atoms with Crippen LogP contribution in [0.5, 0.6) is 6.01 Å². The second-order valence-electron chi connectivity index (χ2n) is 10.1. The van der Waals surface area contributed by atoms with Crippen LogP contribution in [0.3, 0.4) is 0 Å². The third-order valence-corrected chi connectivity index (χ3v) is 6.85. The van der Waals surface area contributed by atoms with Crippen molar-refractivity contribution in [3.8, 4) is 6.01 Å². The topological polar surface area (TPSA) is 183 Å². The van der Waals surface area contributed by atoms with Gasteiger partial charge in [0.15, 0.2) is 6.61 Å². The minimum Gasteiger partial charge on any atom is -0.467 e. The molecule has 0 bridgehead atoms. The molecule has 14 nitrogen and oxygen atoms in total. The molecule has 4 N–H and O–H groups in total. The summed E-state index contributed by atoms with van der Waals surface area (Å²) in [7, 11) is 1.08. The lowest BCUT2D eigenvalue weighted by Crippen LogP contribution is -2.50. The highest BCUT2D eigenvalue weighted by Crippen LogP contribution is 2.48. The summed E-state index contributed by atoms with van der Waals surface area (Å²) in [6.45, 7) is -0.595. The van der Waals surface area contributed by atoms with Crippen molar-refractivity contribution in [3.05, 3.63) is 64.7 Å². The number of nitrogens with zero attached hydrogens (tertiary/aromatic N) is 3. The quantitative estimate of drug-likeness (QED) is 0.153. The van der Waals surface area contributed by atoms with Gasteiger partial charge in [0.2, 0.25) is 11.9 Å². The van der Waals surface area contributed by atoms with Crippen LogP contribution in [0.4, 0.5) is 30.8 Å². The molecule has 47 heavy (non-hydrogen) atoms. The van der Waals surface area contributed by atoms with Gasteiger partial charge in [0.1, 0.15) is 6.04 Å². The fourth-order valence-corrected chi connectivity index (χ4v) is 4.27. The van der Waals surface area contributed by atoms with Crippen molar-refractivity contribution in [2.24, 2.45) is 0 Å². The average molecular weight is 680 g/mol. The van der Waals surface area contributed by atoms with E-state index in [2.05, 4.69) is 45.7 Å². The van der Waals surface area contributed by atoms with Gasteiger partial charge in [-0.15, -0.1) is 0 Å². The van der Waals surface area contributed by atoms with Gasteiger partial charge in [-0.2, -0.15) is 28.1 Å². The molecule has 250 valence electrons. The Labute approximate surface area is 270 Å². The van der Waals surface area contributed by atoms with E-state index in [-0.39, 0.29) is 24.1 Å². The molecule has 0 saturated heterocycles. The molecule has 3 aromatic rings. The van der Waals surface area contributed by atoms with Crippen molar-refractivity contribution in [2.75, 3.05) is 37.5 Å². The number of aromatic nitrogens is 3. The summed E-state index contributed by atoms with van der Waals surface area (Å²) in [4.78, 5) is 60.6. The number of benzene rings is 2. The lowest BCUT2D eigenvalue weighted by Gasteiger charge is -2.19. The Morgan fingerprint density at radius 2 is 1.64 bits per heavy atom. The number of amides is 2. The molecule has 4 rings (SSSR count). The number of rotatable bonds is 13. The van der Waals surface area contributed by atoms with Gasteiger partial charge >= 0.3 is 30.0 Å². The zero-order valence-electron chi connectivity index (χ0n) is 24.9. The van der Waals surface area contributed by atoms with E-state index < -0.39 is 60.7 Å². The maximum atomic E-state index is 12.9. The van der Waals surface area contributed by atoms with Crippen LogP contribution >= 0.6 is 11.6 Å². The molecule has 1 saturated carbocycles. The van der Waals surface area contributed by atoms with Crippen molar-refractivity contribution >= 4 is 52.9 Å². The van der Waals surface area contributed by atoms with Crippen LogP contribution in [0.1, 0.15) is 35.7 Å². The predicted molar refractivity (Wildman–Crippen MR) is 160 cm³/mol. The summed E-state index contributed by atoms with van der Waals surface area (Å²) in [6, 6.07) is 10.9. The molecule has 1 atom stereocenters. The zero-order chi connectivity index (χ0) is 34.2. The fraction of sp³-hybridized carbons (Fsp3) is 0.345. The minimum atomic E-state index is -4.63. The summed E-state index contributed by atoms with van der Waals surface area (Å²) < 4.78 is 52.7. The summed E-state index contributed by atoms with van der Waals surface area (Å²) in [5.41, 5.74) is 0.764. The first-order chi connectivity index (χ1) is 22.3. The highest BCUT2D eigenvalue weighted by Gasteiger charge is 2.45. The molecule has 1 heterocycles. The molecule has 2 aromatic carbocycles. The maximum Gasteiger partial charge on any atom is 0.422 e. The number of anilines is 3. The molecule has 18 heteroatoms. The molecule has 2 amide bonds. The number of methoxy groups -OCH3 is 1. The van der Waals surface area contributed by atoms with E-state index in [0.29, 0.717) is 23.6 Å². The van der Waals surface area contributed by atoms with Crippen molar-refractivity contribution in [2.45, 2.75) is 37.5 Å². The Kier molecular flexibility index (Phi) is 11.0. The van der Waals surface area contributed by atoms with E-state index in [1.807, 2.05) is 12.1 Å². The van der Waals surface area contributed by atoms with E-state index in [9.17, 15) is 32.3 Å². The van der Waals surface area contributed by atoms with Gasteiger partial charge in [-0.3, -0.25) is 9.59 Å². The Balaban J connectivity index is 1.47. The third-order valence-electron chi connectivity index (χ3n) is 6.60. The first-order valence-electron chi connectivity index (χ1n) is 14.0. The standard InChI is InChI=1S/C29H29ClF3N7O7/c1-3-46-24(44)22(42)34-14-20(23(43)45-2)36-21(41)16-4-10-19(11-5-16)35-25-37-26(39-27(38-25)47-15-29(31,32)33)40-28(12-13-28)17-6-8-18(30)9-7-17/h4-11,20H,3,12-15H2,1-2H3,(H,34,42)(H,36,41)(H2,35,37,38,39,40)/t20-/m0/s1. The van der Waals surface area contributed by atoms with Gasteiger partial charge in [0.25, 0.3) is 5.91 Å². The van der Waals surface area contributed by atoms with E-state index in [0.717, 1.165) is 12.7 Å². The number of alkyl halides is 3. The Morgan fingerprint density at radius 1 is 0.979 bits per heavy atom. The number of halogens is 4. The second kappa shape index (κ2) is 14.9. The Bertz CT molecular complexity index is 1610. The molecular weight excluding hydrogens is 651 g/mol. The van der Waals surface area contributed by atoms with Crippen molar-refractivity contribution in [3.63, 3.8) is 0 Å². The molecule has 1 aliphatic carbocycles. The largest absolute Gasteiger partial charge is 0.467 e. The van der Waals surface area contributed by atoms with Crippen LogP contribution in [0.25, 0.3) is 0 Å². The summed E-state index contributed by atoms with van der Waals surface area (Å²) in [6.07, 6.45) is -3.22. The predicted octanol–water partition coefficient (Wildman–Crippen LogP) is 3.26. The number of ether oxygens (including phenoxy) is 3. The summed E-state index contributed by atoms with van der Waals surface area (Å²) >= 11 is 6.00. The number of carbonyl (C=O) groups is 4. The molecule has 0 aliphatic heterocycles. The Hall–Kier alpha value is -5.19. The molecule has 1 aromatic heterocycles. The number of hydrogen-bond donors (Lipinski definition) is 4. The first kappa shape index (κ1) is 34.7. The molecule has 0 spiro atoms. The Morgan fingerprint density at radius 3 is 2.23 bits per heavy atom. The zero-order valence-corrected chi connectivity index (χ0v) is 25.7. The molecule has 0 unspecified atom stereocenters. The van der Waals surface area contributed by atoms with Crippen LogP contribution in [0.15, 0.2) is 48.5 Å². The van der Waals surface area contributed by atoms with E-state index in [1.165, 1.54) is 31.2 Å². The van der Waals surface area contributed by atoms with Gasteiger partial charge in [-0.25, -0.2) is 9.59 Å². The van der Waals surface area contributed by atoms with Gasteiger partial charge in [-0.05, 0) is 61.7 Å². The molecule has 1 aliphatic rings. The number of hydrogen-bond acceptors (Lipinski definition) is 12. The number of carbonyl (C=O) groups excluding carboxylic acids is 4. The van der Waals surface area contributed by atoms with Gasteiger partial charge < -0.3 is 35.5 Å². The number of esters is 2. The van der Waals surface area contributed by atoms with E-state index in [4.69, 9.17) is 16.3 Å². The normalized spacial score (nSPS) is 13.8. The third kappa shape index (κ3) is 9.90. The van der Waals surface area contributed by atoms with Crippen LogP contribution in [-0.4, -0.2) is 77.8 Å². The summed E-state index contributed by atoms with van der Waals surface area (Å²) in [5.74, 6) is -4.04. The van der Waals surface area contributed by atoms with E-state index >= 15 is 0 Å². The van der Waals surface area contributed by atoms with Crippen LogP contribution in [0, 0.1) is 0 Å². The fourth-order valence-electron chi connectivity index (χ4n) is 4.15. The molecular formula is C29H29ClF3N7O7. The monoisotopic (exact) mass is 679 g/mol. The van der Waals surface area contributed by atoms with Crippen LogP contribution in [0.2, 0.25) is 5.02 Å². The highest BCUT2D eigenvalue weighted by molar-refractivity contribution is 6.32. The summed E-state index contributed by atoms with van der Waals surface area (Å²) in [5, 5.41) is 11.2.